The van der Waals surface area contributed by atoms with Crippen molar-refractivity contribution in [3.63, 3.8) is 0 Å². The maximum absolute atomic E-state index is 12.2. The van der Waals surface area contributed by atoms with Gasteiger partial charge < -0.3 is 15.0 Å². The quantitative estimate of drug-likeness (QED) is 0.668. The highest BCUT2D eigenvalue weighted by molar-refractivity contribution is 6.32. The summed E-state index contributed by atoms with van der Waals surface area (Å²) >= 11 is 6.10. The lowest BCUT2D eigenvalue weighted by molar-refractivity contribution is 0.102. The second kappa shape index (κ2) is 7.10. The van der Waals surface area contributed by atoms with Gasteiger partial charge >= 0.3 is 0 Å². The van der Waals surface area contributed by atoms with E-state index in [9.17, 15) is 4.79 Å². The van der Waals surface area contributed by atoms with E-state index in [-0.39, 0.29) is 17.4 Å². The molecule has 1 aromatic carbocycles. The lowest BCUT2D eigenvalue weighted by Gasteiger charge is -2.08. The molecule has 0 radical (unpaired) electrons. The Kier molecular flexibility index (Phi) is 4.72. The standard InChI is InChI=1S/C16H14ClN5O2/c1-24-12-3-2-10(8-11(12)17)9-21-13-4-5-18-16(22-13)14(23)15-19-6-7-20-15/h2-8H,9H2,1H3,(H,19,20)(H,18,21,22). The van der Waals surface area contributed by atoms with Crippen LogP contribution in [-0.2, 0) is 6.54 Å². The number of methoxy groups -OCH3 is 1. The molecule has 2 aromatic heterocycles. The first-order valence-electron chi connectivity index (χ1n) is 7.11. The van der Waals surface area contributed by atoms with Crippen molar-refractivity contribution < 1.29 is 9.53 Å². The Balaban J connectivity index is 1.71. The van der Waals surface area contributed by atoms with Crippen LogP contribution in [0.4, 0.5) is 5.82 Å². The highest BCUT2D eigenvalue weighted by Gasteiger charge is 2.15. The van der Waals surface area contributed by atoms with E-state index in [2.05, 4.69) is 25.3 Å². The Morgan fingerprint density at radius 1 is 1.29 bits per heavy atom. The minimum atomic E-state index is -0.365. The van der Waals surface area contributed by atoms with E-state index >= 15 is 0 Å². The molecule has 2 heterocycles. The molecule has 0 saturated heterocycles. The number of benzene rings is 1. The van der Waals surface area contributed by atoms with Crippen LogP contribution < -0.4 is 10.1 Å². The summed E-state index contributed by atoms with van der Waals surface area (Å²) in [4.78, 5) is 27.0. The number of H-pyrrole nitrogens is 1. The van der Waals surface area contributed by atoms with Crippen LogP contribution in [0.3, 0.4) is 0 Å². The number of rotatable bonds is 6. The van der Waals surface area contributed by atoms with Crippen LogP contribution in [0.2, 0.25) is 5.02 Å². The van der Waals surface area contributed by atoms with Crippen LogP contribution in [0.25, 0.3) is 0 Å². The summed E-state index contributed by atoms with van der Waals surface area (Å²) in [5.74, 6) is 1.06. The number of aromatic nitrogens is 4. The fourth-order valence-corrected chi connectivity index (χ4v) is 2.35. The number of carbonyl (C=O) groups is 1. The number of halogens is 1. The number of hydrogen-bond acceptors (Lipinski definition) is 6. The molecule has 3 rings (SSSR count). The Morgan fingerprint density at radius 2 is 2.17 bits per heavy atom. The zero-order chi connectivity index (χ0) is 16.9. The van der Waals surface area contributed by atoms with E-state index in [1.165, 1.54) is 12.4 Å². The van der Waals surface area contributed by atoms with Gasteiger partial charge in [0.05, 0.1) is 12.1 Å². The maximum atomic E-state index is 12.2. The van der Waals surface area contributed by atoms with E-state index in [1.807, 2.05) is 12.1 Å². The molecule has 0 aliphatic carbocycles. The third kappa shape index (κ3) is 3.52. The topological polar surface area (TPSA) is 92.8 Å². The van der Waals surface area contributed by atoms with Gasteiger partial charge in [-0.05, 0) is 23.8 Å². The minimum absolute atomic E-state index is 0.0720. The molecule has 2 N–H and O–H groups in total. The number of nitrogens with one attached hydrogen (secondary N) is 2. The molecule has 0 atom stereocenters. The molecular formula is C16H14ClN5O2. The molecule has 7 nitrogen and oxygen atoms in total. The summed E-state index contributed by atoms with van der Waals surface area (Å²) in [6.45, 7) is 0.495. The molecule has 0 amide bonds. The predicted octanol–water partition coefficient (Wildman–Crippen LogP) is 2.70. The van der Waals surface area contributed by atoms with Gasteiger partial charge in [-0.3, -0.25) is 4.79 Å². The number of hydrogen-bond donors (Lipinski definition) is 2. The monoisotopic (exact) mass is 343 g/mol. The molecule has 0 unspecified atom stereocenters. The highest BCUT2D eigenvalue weighted by atomic mass is 35.5. The van der Waals surface area contributed by atoms with Crippen LogP contribution in [0.5, 0.6) is 5.75 Å². The second-order valence-electron chi connectivity index (χ2n) is 4.85. The Hall–Kier alpha value is -2.93. The smallest absolute Gasteiger partial charge is 0.265 e. The molecule has 0 saturated carbocycles. The van der Waals surface area contributed by atoms with E-state index in [0.29, 0.717) is 23.1 Å². The SMILES string of the molecule is COc1ccc(CNc2ccnc(C(=O)c3ncc[nH]3)n2)cc1Cl. The average molecular weight is 344 g/mol. The van der Waals surface area contributed by atoms with Crippen molar-refractivity contribution in [3.05, 3.63) is 65.1 Å². The second-order valence-corrected chi connectivity index (χ2v) is 5.26. The molecule has 8 heteroatoms. The van der Waals surface area contributed by atoms with Gasteiger partial charge in [0.2, 0.25) is 5.82 Å². The van der Waals surface area contributed by atoms with Crippen molar-refractivity contribution in [1.29, 1.82) is 0 Å². The van der Waals surface area contributed by atoms with Gasteiger partial charge in [0.25, 0.3) is 5.78 Å². The van der Waals surface area contributed by atoms with Crippen LogP contribution in [0, 0.1) is 0 Å². The normalized spacial score (nSPS) is 10.4. The summed E-state index contributed by atoms with van der Waals surface area (Å²) in [7, 11) is 1.57. The number of carbonyl (C=O) groups excluding carboxylic acids is 1. The van der Waals surface area contributed by atoms with Crippen LogP contribution in [-0.4, -0.2) is 32.8 Å². The largest absolute Gasteiger partial charge is 0.495 e. The zero-order valence-corrected chi connectivity index (χ0v) is 13.5. The van der Waals surface area contributed by atoms with Gasteiger partial charge in [0.1, 0.15) is 11.6 Å². The number of ether oxygens (including phenoxy) is 1. The molecule has 24 heavy (non-hydrogen) atoms. The van der Waals surface area contributed by atoms with Crippen LogP contribution in [0.15, 0.2) is 42.9 Å². The van der Waals surface area contributed by atoms with Crippen molar-refractivity contribution in [1.82, 2.24) is 19.9 Å². The van der Waals surface area contributed by atoms with Crippen LogP contribution >= 0.6 is 11.6 Å². The summed E-state index contributed by atoms with van der Waals surface area (Å²) in [5, 5.41) is 3.67. The molecule has 0 fully saturated rings. The lowest BCUT2D eigenvalue weighted by atomic mass is 10.2. The zero-order valence-electron chi connectivity index (χ0n) is 12.8. The van der Waals surface area contributed by atoms with Crippen molar-refractivity contribution in [2.45, 2.75) is 6.54 Å². The molecular weight excluding hydrogens is 330 g/mol. The maximum Gasteiger partial charge on any atom is 0.265 e. The summed E-state index contributed by atoms with van der Waals surface area (Å²) in [6, 6.07) is 7.19. The number of ketones is 1. The van der Waals surface area contributed by atoms with Gasteiger partial charge in [0.15, 0.2) is 5.82 Å². The Labute approximate surface area is 143 Å². The molecule has 0 spiro atoms. The summed E-state index contributed by atoms with van der Waals surface area (Å²) < 4.78 is 5.12. The van der Waals surface area contributed by atoms with Gasteiger partial charge in [-0.15, -0.1) is 0 Å². The number of nitrogens with zero attached hydrogens (tertiary/aromatic N) is 3. The van der Waals surface area contributed by atoms with E-state index in [1.54, 1.807) is 25.4 Å². The van der Waals surface area contributed by atoms with Crippen molar-refractivity contribution >= 4 is 23.2 Å². The first-order chi connectivity index (χ1) is 11.7. The van der Waals surface area contributed by atoms with Gasteiger partial charge in [-0.25, -0.2) is 15.0 Å². The first-order valence-corrected chi connectivity index (χ1v) is 7.48. The molecule has 0 bridgehead atoms. The summed E-state index contributed by atoms with van der Waals surface area (Å²) in [5.41, 5.74) is 0.957. The molecule has 0 aliphatic heterocycles. The predicted molar refractivity (Wildman–Crippen MR) is 89.4 cm³/mol. The molecule has 122 valence electrons. The van der Waals surface area contributed by atoms with Gasteiger partial charge in [-0.1, -0.05) is 17.7 Å². The number of anilines is 1. The number of aromatic amines is 1. The summed E-state index contributed by atoms with van der Waals surface area (Å²) in [6.07, 6.45) is 4.60. The fraction of sp³-hybridized carbons (Fsp3) is 0.125. The third-order valence-corrected chi connectivity index (χ3v) is 3.56. The van der Waals surface area contributed by atoms with E-state index in [0.717, 1.165) is 5.56 Å². The lowest BCUT2D eigenvalue weighted by Crippen LogP contribution is -2.11. The van der Waals surface area contributed by atoms with Gasteiger partial charge in [0, 0.05) is 25.1 Å². The third-order valence-electron chi connectivity index (χ3n) is 3.26. The Morgan fingerprint density at radius 3 is 2.88 bits per heavy atom. The van der Waals surface area contributed by atoms with Gasteiger partial charge in [-0.2, -0.15) is 0 Å². The highest BCUT2D eigenvalue weighted by Crippen LogP contribution is 2.25. The molecule has 3 aromatic rings. The average Bonchev–Trinajstić information content (AvgIpc) is 3.14. The van der Waals surface area contributed by atoms with Crippen LogP contribution in [0.1, 0.15) is 22.0 Å². The fourth-order valence-electron chi connectivity index (χ4n) is 2.07. The van der Waals surface area contributed by atoms with Crippen molar-refractivity contribution in [3.8, 4) is 5.75 Å². The molecule has 0 aliphatic rings. The minimum Gasteiger partial charge on any atom is -0.495 e. The van der Waals surface area contributed by atoms with E-state index in [4.69, 9.17) is 16.3 Å². The Bertz CT molecular complexity index is 851. The van der Waals surface area contributed by atoms with Crippen molar-refractivity contribution in [2.75, 3.05) is 12.4 Å². The first kappa shape index (κ1) is 15.9. The van der Waals surface area contributed by atoms with Crippen molar-refractivity contribution in [2.24, 2.45) is 0 Å². The van der Waals surface area contributed by atoms with E-state index < -0.39 is 0 Å². The number of imidazole rings is 1.